The highest BCUT2D eigenvalue weighted by atomic mass is 16.5. The number of ether oxygens (including phenoxy) is 3. The van der Waals surface area contributed by atoms with Crippen molar-refractivity contribution in [3.05, 3.63) is 66.9 Å². The number of benzene rings is 2. The molecule has 2 aromatic carbocycles. The molecule has 9 heteroatoms. The van der Waals surface area contributed by atoms with Gasteiger partial charge in [0.25, 0.3) is 0 Å². The normalized spacial score (nSPS) is 10.8. The summed E-state index contributed by atoms with van der Waals surface area (Å²) in [4.78, 5) is 8.60. The summed E-state index contributed by atoms with van der Waals surface area (Å²) >= 11 is 0. The van der Waals surface area contributed by atoms with E-state index in [9.17, 15) is 0 Å². The van der Waals surface area contributed by atoms with E-state index in [-0.39, 0.29) is 5.92 Å². The van der Waals surface area contributed by atoms with Crippen molar-refractivity contribution < 1.29 is 18.7 Å². The van der Waals surface area contributed by atoms with Gasteiger partial charge in [-0.05, 0) is 24.1 Å². The molecule has 0 bridgehead atoms. The van der Waals surface area contributed by atoms with Gasteiger partial charge in [-0.1, -0.05) is 31.6 Å². The van der Waals surface area contributed by atoms with Gasteiger partial charge in [-0.2, -0.15) is 0 Å². The first-order valence-electron chi connectivity index (χ1n) is 10.3. The van der Waals surface area contributed by atoms with Gasteiger partial charge < -0.3 is 29.4 Å². The second kappa shape index (κ2) is 9.47. The fraction of sp³-hybridized carbons (Fsp3) is 0.208. The Morgan fingerprint density at radius 1 is 1.00 bits per heavy atom. The molecule has 0 spiro atoms. The van der Waals surface area contributed by atoms with E-state index >= 15 is 0 Å². The van der Waals surface area contributed by atoms with E-state index in [4.69, 9.17) is 18.7 Å². The zero-order valence-corrected chi connectivity index (χ0v) is 18.9. The van der Waals surface area contributed by atoms with E-state index in [0.29, 0.717) is 45.7 Å². The van der Waals surface area contributed by atoms with Crippen LogP contribution >= 0.6 is 0 Å². The molecule has 0 radical (unpaired) electrons. The molecule has 2 aromatic heterocycles. The Labute approximate surface area is 191 Å². The summed E-state index contributed by atoms with van der Waals surface area (Å²) < 4.78 is 22.1. The lowest BCUT2D eigenvalue weighted by Crippen LogP contribution is -2.07. The van der Waals surface area contributed by atoms with E-state index in [1.54, 1.807) is 26.4 Å². The monoisotopic (exact) mass is 447 g/mol. The van der Waals surface area contributed by atoms with Crippen LogP contribution in [0.15, 0.2) is 65.7 Å². The summed E-state index contributed by atoms with van der Waals surface area (Å²) in [5.74, 6) is 3.46. The molecule has 0 aliphatic carbocycles. The summed E-state index contributed by atoms with van der Waals surface area (Å²) in [5, 5.41) is 11.0. The van der Waals surface area contributed by atoms with E-state index in [1.165, 1.54) is 6.33 Å². The van der Waals surface area contributed by atoms with Gasteiger partial charge in [-0.3, -0.25) is 0 Å². The van der Waals surface area contributed by atoms with E-state index in [0.717, 1.165) is 11.4 Å². The minimum absolute atomic E-state index is 0.276. The van der Waals surface area contributed by atoms with Crippen LogP contribution in [0.1, 0.15) is 25.5 Å². The molecule has 4 aromatic rings. The van der Waals surface area contributed by atoms with Crippen LogP contribution in [0.2, 0.25) is 0 Å². The molecule has 170 valence electrons. The third-order valence-corrected chi connectivity index (χ3v) is 4.84. The molecule has 0 saturated carbocycles. The first-order valence-corrected chi connectivity index (χ1v) is 10.3. The number of nitrogens with one attached hydrogen (secondary N) is 2. The lowest BCUT2D eigenvalue weighted by Gasteiger charge is -2.13. The molecule has 9 nitrogen and oxygen atoms in total. The fourth-order valence-electron chi connectivity index (χ4n) is 3.16. The van der Waals surface area contributed by atoms with Crippen LogP contribution < -0.4 is 24.8 Å². The smallest absolute Gasteiger partial charge is 0.230 e. The van der Waals surface area contributed by atoms with Gasteiger partial charge in [-0.25, -0.2) is 9.97 Å². The maximum Gasteiger partial charge on any atom is 0.230 e. The molecule has 2 N–H and O–H groups in total. The lowest BCUT2D eigenvalue weighted by molar-refractivity contribution is 0.355. The van der Waals surface area contributed by atoms with Crippen LogP contribution in [0.25, 0.3) is 10.9 Å². The zero-order chi connectivity index (χ0) is 23.4. The topological polar surface area (TPSA) is 104 Å². The lowest BCUT2D eigenvalue weighted by atomic mass is 10.1. The van der Waals surface area contributed by atoms with E-state index in [1.807, 2.05) is 44.2 Å². The number of aromatic nitrogens is 3. The largest absolute Gasteiger partial charge is 0.493 e. The minimum Gasteiger partial charge on any atom is -0.493 e. The van der Waals surface area contributed by atoms with Crippen LogP contribution in [0.4, 0.5) is 11.6 Å². The van der Waals surface area contributed by atoms with Gasteiger partial charge in [0.1, 0.15) is 17.9 Å². The number of nitrogens with zero attached hydrogens (tertiary/aromatic N) is 3. The molecule has 0 atom stereocenters. The van der Waals surface area contributed by atoms with Gasteiger partial charge in [0, 0.05) is 23.9 Å². The molecule has 4 rings (SSSR count). The number of anilines is 2. The van der Waals surface area contributed by atoms with Gasteiger partial charge >= 0.3 is 0 Å². The first-order chi connectivity index (χ1) is 16.0. The summed E-state index contributed by atoms with van der Waals surface area (Å²) in [5.41, 5.74) is 2.32. The Kier molecular flexibility index (Phi) is 6.30. The van der Waals surface area contributed by atoms with Crippen molar-refractivity contribution >= 4 is 22.5 Å². The standard InChI is InChI=1S/C24H25N5O4/c1-14(2)19-12-23(33-29-19)28-15(3)27-16-7-6-8-17(9-16)32-24-18-10-21(30-4)22(31-5)11-20(18)25-13-26-24/h6-14,27-28H,3H2,1-2,4-5H3. The maximum atomic E-state index is 6.07. The average Bonchev–Trinajstić information content (AvgIpc) is 3.27. The SMILES string of the molecule is C=C(Nc1cccc(Oc2ncnc3cc(OC)c(OC)cc23)c1)Nc1cc(C(C)C)no1. The van der Waals surface area contributed by atoms with Crippen LogP contribution in [0.3, 0.4) is 0 Å². The van der Waals surface area contributed by atoms with Gasteiger partial charge in [0.15, 0.2) is 11.5 Å². The third-order valence-electron chi connectivity index (χ3n) is 4.84. The first kappa shape index (κ1) is 21.9. The Hall–Kier alpha value is -4.27. The fourth-order valence-corrected chi connectivity index (χ4v) is 3.16. The predicted octanol–water partition coefficient (Wildman–Crippen LogP) is 5.55. The summed E-state index contributed by atoms with van der Waals surface area (Å²) in [7, 11) is 3.15. The Morgan fingerprint density at radius 3 is 2.52 bits per heavy atom. The highest BCUT2D eigenvalue weighted by Crippen LogP contribution is 2.36. The molecule has 33 heavy (non-hydrogen) atoms. The quantitative estimate of drug-likeness (QED) is 0.342. The van der Waals surface area contributed by atoms with Crippen LogP contribution in [-0.4, -0.2) is 29.3 Å². The van der Waals surface area contributed by atoms with Gasteiger partial charge in [0.05, 0.1) is 30.8 Å². The number of fused-ring (bicyclic) bond motifs is 1. The van der Waals surface area contributed by atoms with Crippen molar-refractivity contribution in [2.75, 3.05) is 24.9 Å². The van der Waals surface area contributed by atoms with Crippen molar-refractivity contribution in [3.63, 3.8) is 0 Å². The van der Waals surface area contributed by atoms with Gasteiger partial charge in [-0.15, -0.1) is 0 Å². The zero-order valence-electron chi connectivity index (χ0n) is 18.9. The predicted molar refractivity (Wildman–Crippen MR) is 126 cm³/mol. The highest BCUT2D eigenvalue weighted by Gasteiger charge is 2.13. The average molecular weight is 447 g/mol. The molecular weight excluding hydrogens is 422 g/mol. The summed E-state index contributed by atoms with van der Waals surface area (Å²) in [6.45, 7) is 8.09. The molecule has 0 aliphatic rings. The van der Waals surface area contributed by atoms with Crippen molar-refractivity contribution in [2.24, 2.45) is 0 Å². The second-order valence-corrected chi connectivity index (χ2v) is 7.53. The number of hydrogen-bond acceptors (Lipinski definition) is 9. The molecule has 0 amide bonds. The van der Waals surface area contributed by atoms with Crippen LogP contribution in [0.5, 0.6) is 23.1 Å². The molecule has 0 unspecified atom stereocenters. The van der Waals surface area contributed by atoms with Crippen molar-refractivity contribution in [2.45, 2.75) is 19.8 Å². The Balaban J connectivity index is 1.51. The Bertz CT molecular complexity index is 1290. The number of rotatable bonds is 9. The number of hydrogen-bond donors (Lipinski definition) is 2. The third kappa shape index (κ3) is 4.98. The molecule has 0 fully saturated rings. The minimum atomic E-state index is 0.276. The van der Waals surface area contributed by atoms with Crippen LogP contribution in [0, 0.1) is 0 Å². The molecule has 0 aliphatic heterocycles. The van der Waals surface area contributed by atoms with Gasteiger partial charge in [0.2, 0.25) is 11.8 Å². The second-order valence-electron chi connectivity index (χ2n) is 7.53. The maximum absolute atomic E-state index is 6.07. The van der Waals surface area contributed by atoms with Crippen molar-refractivity contribution in [3.8, 4) is 23.1 Å². The summed E-state index contributed by atoms with van der Waals surface area (Å²) in [6, 6.07) is 12.9. The van der Waals surface area contributed by atoms with Crippen molar-refractivity contribution in [1.82, 2.24) is 15.1 Å². The van der Waals surface area contributed by atoms with Crippen LogP contribution in [-0.2, 0) is 0 Å². The van der Waals surface area contributed by atoms with E-state index in [2.05, 4.69) is 32.3 Å². The highest BCUT2D eigenvalue weighted by molar-refractivity contribution is 5.87. The number of methoxy groups -OCH3 is 2. The molecular formula is C24H25N5O4. The van der Waals surface area contributed by atoms with E-state index < -0.39 is 0 Å². The van der Waals surface area contributed by atoms with Crippen molar-refractivity contribution in [1.29, 1.82) is 0 Å². The Morgan fingerprint density at radius 2 is 1.79 bits per heavy atom. The molecule has 0 saturated heterocycles. The molecule has 2 heterocycles. The summed E-state index contributed by atoms with van der Waals surface area (Å²) in [6.07, 6.45) is 1.44.